The van der Waals surface area contributed by atoms with Crippen LogP contribution in [-0.2, 0) is 4.79 Å². The molecule has 1 atom stereocenters. The van der Waals surface area contributed by atoms with Gasteiger partial charge in [0, 0.05) is 18.8 Å². The van der Waals surface area contributed by atoms with Crippen molar-refractivity contribution in [2.24, 2.45) is 0 Å². The predicted octanol–water partition coefficient (Wildman–Crippen LogP) is 1.73. The maximum Gasteiger partial charge on any atom is 0.246 e. The van der Waals surface area contributed by atoms with E-state index in [2.05, 4.69) is 4.98 Å². The number of halogens is 1. The van der Waals surface area contributed by atoms with E-state index in [1.54, 1.807) is 29.3 Å². The Morgan fingerprint density at radius 1 is 1.67 bits per heavy atom. The number of carbonyl (C=O) groups excluding carboxylic acids is 1. The largest absolute Gasteiger partial charge is 0.394 e. The highest BCUT2D eigenvalue weighted by atomic mass is 35.5. The minimum Gasteiger partial charge on any atom is -0.394 e. The molecule has 1 saturated heterocycles. The number of pyridine rings is 1. The molecule has 0 aliphatic carbocycles. The van der Waals surface area contributed by atoms with Crippen LogP contribution in [0.2, 0.25) is 5.15 Å². The quantitative estimate of drug-likeness (QED) is 0.670. The van der Waals surface area contributed by atoms with Gasteiger partial charge in [-0.2, -0.15) is 0 Å². The Morgan fingerprint density at radius 2 is 2.50 bits per heavy atom. The summed E-state index contributed by atoms with van der Waals surface area (Å²) in [6.45, 7) is 0.742. The van der Waals surface area contributed by atoms with E-state index in [1.165, 1.54) is 6.08 Å². The van der Waals surface area contributed by atoms with Gasteiger partial charge in [0.25, 0.3) is 0 Å². The van der Waals surface area contributed by atoms with Gasteiger partial charge in [0.05, 0.1) is 12.6 Å². The van der Waals surface area contributed by atoms with Gasteiger partial charge in [-0.3, -0.25) is 4.79 Å². The van der Waals surface area contributed by atoms with E-state index in [0.29, 0.717) is 11.7 Å². The normalized spacial score (nSPS) is 19.7. The van der Waals surface area contributed by atoms with Gasteiger partial charge in [0.15, 0.2) is 0 Å². The molecule has 4 nitrogen and oxygen atoms in total. The zero-order valence-corrected chi connectivity index (χ0v) is 10.7. The van der Waals surface area contributed by atoms with Crippen LogP contribution in [0.5, 0.6) is 0 Å². The van der Waals surface area contributed by atoms with Crippen LogP contribution >= 0.6 is 11.6 Å². The summed E-state index contributed by atoms with van der Waals surface area (Å²) in [5, 5.41) is 9.57. The number of nitrogens with zero attached hydrogens (tertiary/aromatic N) is 2. The van der Waals surface area contributed by atoms with Crippen LogP contribution in [0.1, 0.15) is 18.4 Å². The van der Waals surface area contributed by atoms with Crippen molar-refractivity contribution in [2.45, 2.75) is 18.9 Å². The molecule has 1 amide bonds. The summed E-state index contributed by atoms with van der Waals surface area (Å²) in [5.74, 6) is -0.0699. The van der Waals surface area contributed by atoms with Crippen molar-refractivity contribution in [1.29, 1.82) is 0 Å². The van der Waals surface area contributed by atoms with Gasteiger partial charge in [-0.1, -0.05) is 11.6 Å². The molecule has 18 heavy (non-hydrogen) atoms. The number of aliphatic hydroxyl groups is 1. The van der Waals surface area contributed by atoms with Crippen molar-refractivity contribution in [3.05, 3.63) is 35.1 Å². The van der Waals surface area contributed by atoms with Gasteiger partial charge in [-0.25, -0.2) is 4.98 Å². The van der Waals surface area contributed by atoms with Crippen molar-refractivity contribution in [1.82, 2.24) is 9.88 Å². The Morgan fingerprint density at radius 3 is 3.22 bits per heavy atom. The van der Waals surface area contributed by atoms with E-state index in [-0.39, 0.29) is 18.6 Å². The Balaban J connectivity index is 2.02. The summed E-state index contributed by atoms with van der Waals surface area (Å²) in [4.78, 5) is 17.5. The second-order valence-corrected chi connectivity index (χ2v) is 4.64. The highest BCUT2D eigenvalue weighted by Crippen LogP contribution is 2.17. The van der Waals surface area contributed by atoms with E-state index in [9.17, 15) is 4.79 Å². The summed E-state index contributed by atoms with van der Waals surface area (Å²) in [5.41, 5.74) is 0.836. The molecule has 2 rings (SSSR count). The fraction of sp³-hybridized carbons (Fsp3) is 0.385. The summed E-state index contributed by atoms with van der Waals surface area (Å²) < 4.78 is 0. The molecule has 2 heterocycles. The predicted molar refractivity (Wildman–Crippen MR) is 70.1 cm³/mol. The van der Waals surface area contributed by atoms with Crippen molar-refractivity contribution in [3.63, 3.8) is 0 Å². The third kappa shape index (κ3) is 3.09. The number of aliphatic hydroxyl groups excluding tert-OH is 1. The minimum absolute atomic E-state index is 0.0284. The van der Waals surface area contributed by atoms with Crippen LogP contribution in [-0.4, -0.2) is 40.1 Å². The second kappa shape index (κ2) is 5.98. The van der Waals surface area contributed by atoms with Crippen LogP contribution in [0.4, 0.5) is 0 Å². The zero-order chi connectivity index (χ0) is 13.0. The zero-order valence-electron chi connectivity index (χ0n) is 9.92. The number of rotatable bonds is 3. The van der Waals surface area contributed by atoms with Crippen molar-refractivity contribution in [2.75, 3.05) is 13.2 Å². The molecule has 0 aromatic carbocycles. The SMILES string of the molecule is O=C(/C=C/c1ccnc(Cl)c1)N1CCC[C@@H]1CO. The van der Waals surface area contributed by atoms with Crippen LogP contribution in [0.25, 0.3) is 6.08 Å². The maximum absolute atomic E-state index is 12.0. The Labute approximate surface area is 111 Å². The number of likely N-dealkylation sites (tertiary alicyclic amines) is 1. The third-order valence-corrected chi connectivity index (χ3v) is 3.25. The molecular formula is C13H15ClN2O2. The van der Waals surface area contributed by atoms with Crippen LogP contribution in [0, 0.1) is 0 Å². The average Bonchev–Trinajstić information content (AvgIpc) is 2.84. The molecule has 1 aliphatic heterocycles. The topological polar surface area (TPSA) is 53.4 Å². The lowest BCUT2D eigenvalue weighted by molar-refractivity contribution is -0.127. The number of hydrogen-bond acceptors (Lipinski definition) is 3. The Hall–Kier alpha value is -1.39. The highest BCUT2D eigenvalue weighted by Gasteiger charge is 2.26. The monoisotopic (exact) mass is 266 g/mol. The summed E-state index contributed by atoms with van der Waals surface area (Å²) in [6.07, 6.45) is 6.64. The number of amides is 1. The van der Waals surface area contributed by atoms with Gasteiger partial charge in [-0.15, -0.1) is 0 Å². The van der Waals surface area contributed by atoms with Crippen molar-refractivity contribution < 1.29 is 9.90 Å². The molecule has 1 aliphatic rings. The Kier molecular flexibility index (Phi) is 4.33. The van der Waals surface area contributed by atoms with E-state index in [4.69, 9.17) is 16.7 Å². The molecule has 96 valence electrons. The van der Waals surface area contributed by atoms with Gasteiger partial charge >= 0.3 is 0 Å². The van der Waals surface area contributed by atoms with Gasteiger partial charge in [-0.05, 0) is 36.6 Å². The third-order valence-electron chi connectivity index (χ3n) is 3.04. The van der Waals surface area contributed by atoms with Gasteiger partial charge in [0.2, 0.25) is 5.91 Å². The fourth-order valence-electron chi connectivity index (χ4n) is 2.10. The number of aromatic nitrogens is 1. The average molecular weight is 267 g/mol. The molecule has 5 heteroatoms. The van der Waals surface area contributed by atoms with E-state index >= 15 is 0 Å². The first-order valence-electron chi connectivity index (χ1n) is 5.92. The van der Waals surface area contributed by atoms with Gasteiger partial charge in [0.1, 0.15) is 5.15 Å². The molecule has 0 unspecified atom stereocenters. The first-order valence-corrected chi connectivity index (χ1v) is 6.29. The molecule has 0 bridgehead atoms. The van der Waals surface area contributed by atoms with E-state index in [0.717, 1.165) is 18.4 Å². The lowest BCUT2D eigenvalue weighted by Crippen LogP contribution is -2.36. The van der Waals surface area contributed by atoms with Crippen molar-refractivity contribution in [3.8, 4) is 0 Å². The maximum atomic E-state index is 12.0. The van der Waals surface area contributed by atoms with Crippen molar-refractivity contribution >= 4 is 23.6 Å². The van der Waals surface area contributed by atoms with Crippen LogP contribution in [0.15, 0.2) is 24.4 Å². The molecule has 0 spiro atoms. The molecular weight excluding hydrogens is 252 g/mol. The highest BCUT2D eigenvalue weighted by molar-refractivity contribution is 6.29. The Bertz CT molecular complexity index is 462. The van der Waals surface area contributed by atoms with Crippen LogP contribution < -0.4 is 0 Å². The molecule has 1 N–H and O–H groups in total. The fourth-order valence-corrected chi connectivity index (χ4v) is 2.28. The number of hydrogen-bond donors (Lipinski definition) is 1. The summed E-state index contributed by atoms with van der Waals surface area (Å²) >= 11 is 5.76. The standard InChI is InChI=1S/C13H15ClN2O2/c14-12-8-10(5-6-15-12)3-4-13(18)16-7-1-2-11(16)9-17/h3-6,8,11,17H,1-2,7,9H2/b4-3+/t11-/m1/s1. The van der Waals surface area contributed by atoms with E-state index < -0.39 is 0 Å². The second-order valence-electron chi connectivity index (χ2n) is 4.26. The molecule has 1 aromatic rings. The smallest absolute Gasteiger partial charge is 0.246 e. The molecule has 0 saturated carbocycles. The first kappa shape index (κ1) is 13.1. The lowest BCUT2D eigenvalue weighted by atomic mass is 10.2. The first-order chi connectivity index (χ1) is 8.70. The molecule has 1 fully saturated rings. The number of carbonyl (C=O) groups is 1. The van der Waals surface area contributed by atoms with E-state index in [1.807, 2.05) is 0 Å². The van der Waals surface area contributed by atoms with Crippen LogP contribution in [0.3, 0.4) is 0 Å². The minimum atomic E-state index is -0.0699. The molecule has 1 aromatic heterocycles. The van der Waals surface area contributed by atoms with Gasteiger partial charge < -0.3 is 10.0 Å². The summed E-state index contributed by atoms with van der Waals surface area (Å²) in [6, 6.07) is 3.44. The molecule has 0 radical (unpaired) electrons. The summed E-state index contributed by atoms with van der Waals surface area (Å²) in [7, 11) is 0. The lowest BCUT2D eigenvalue weighted by Gasteiger charge is -2.21.